The molecule has 0 saturated carbocycles. The first-order valence-corrected chi connectivity index (χ1v) is 1.13. The standard InChI is InChI=1S/C2H4.BH3O2/c1-2;2-1-3/h1-2H2;1-3H. The molecule has 0 fully saturated rings. The molecule has 0 radical (unpaired) electrons. The van der Waals surface area contributed by atoms with Crippen molar-refractivity contribution in [3.8, 4) is 0 Å². The SMILES string of the molecule is C=C.OBO. The summed E-state index contributed by atoms with van der Waals surface area (Å²) in [5.74, 6) is 0. The van der Waals surface area contributed by atoms with Crippen LogP contribution >= 0.6 is 0 Å². The highest BCUT2D eigenvalue weighted by molar-refractivity contribution is 6.13. The molecule has 0 unspecified atom stereocenters. The molecule has 2 N–H and O–H groups in total. The maximum atomic E-state index is 7.12. The van der Waals surface area contributed by atoms with Crippen molar-refractivity contribution in [3.05, 3.63) is 13.2 Å². The van der Waals surface area contributed by atoms with Crippen LogP contribution in [0.5, 0.6) is 0 Å². The summed E-state index contributed by atoms with van der Waals surface area (Å²) in [5, 5.41) is 14.2. The highest BCUT2D eigenvalue weighted by atomic mass is 16.4. The van der Waals surface area contributed by atoms with Gasteiger partial charge in [0.15, 0.2) is 0 Å². The second-order valence-electron chi connectivity index (χ2n) is 0.141. The Kier molecular flexibility index (Phi) is 92.9. The van der Waals surface area contributed by atoms with Crippen molar-refractivity contribution in [2.24, 2.45) is 0 Å². The number of hydrogen-bond acceptors (Lipinski definition) is 2. The molecular weight excluding hydrogens is 66.8 g/mol. The highest BCUT2D eigenvalue weighted by Crippen LogP contribution is 1.08. The first-order valence-electron chi connectivity index (χ1n) is 1.13. The van der Waals surface area contributed by atoms with Gasteiger partial charge in [-0.3, -0.25) is 0 Å². The van der Waals surface area contributed by atoms with Crippen LogP contribution in [-0.2, 0) is 0 Å². The van der Waals surface area contributed by atoms with Crippen LogP contribution in [-0.4, -0.2) is 17.7 Å². The van der Waals surface area contributed by atoms with Gasteiger partial charge in [-0.25, -0.2) is 0 Å². The Morgan fingerprint density at radius 1 is 1.20 bits per heavy atom. The summed E-state index contributed by atoms with van der Waals surface area (Å²) < 4.78 is 0. The average Bonchev–Trinajstić information content (AvgIpc) is 1.46. The van der Waals surface area contributed by atoms with E-state index in [1.807, 2.05) is 0 Å². The quantitative estimate of drug-likeness (QED) is 0.287. The number of rotatable bonds is 0. The second-order valence-corrected chi connectivity index (χ2v) is 0.141. The van der Waals surface area contributed by atoms with Gasteiger partial charge in [-0.2, -0.15) is 0 Å². The van der Waals surface area contributed by atoms with E-state index in [9.17, 15) is 0 Å². The van der Waals surface area contributed by atoms with Crippen molar-refractivity contribution < 1.29 is 10.0 Å². The maximum Gasteiger partial charge on any atom is 0.432 e. The largest absolute Gasteiger partial charge is 0.432 e. The molecule has 0 amide bonds. The van der Waals surface area contributed by atoms with E-state index in [0.29, 0.717) is 0 Å². The van der Waals surface area contributed by atoms with Gasteiger partial charge >= 0.3 is 7.69 Å². The zero-order valence-corrected chi connectivity index (χ0v) is 3.02. The lowest BCUT2D eigenvalue weighted by atomic mass is 10.5. The molecule has 0 aliphatic carbocycles. The average molecular weight is 73.9 g/mol. The smallest absolute Gasteiger partial charge is 0.430 e. The Hall–Kier alpha value is -0.275. The van der Waals surface area contributed by atoms with Gasteiger partial charge < -0.3 is 10.0 Å². The Morgan fingerprint density at radius 2 is 1.20 bits per heavy atom. The van der Waals surface area contributed by atoms with Crippen molar-refractivity contribution in [2.75, 3.05) is 0 Å². The van der Waals surface area contributed by atoms with Crippen LogP contribution in [0.2, 0.25) is 0 Å². The molecule has 2 nitrogen and oxygen atoms in total. The van der Waals surface area contributed by atoms with E-state index >= 15 is 0 Å². The molecule has 0 aromatic heterocycles. The first kappa shape index (κ1) is 8.83. The van der Waals surface area contributed by atoms with Gasteiger partial charge in [0.25, 0.3) is 0 Å². The molecule has 0 aromatic rings. The van der Waals surface area contributed by atoms with Crippen LogP contribution in [0.1, 0.15) is 0 Å². The Morgan fingerprint density at radius 3 is 1.20 bits per heavy atom. The van der Waals surface area contributed by atoms with E-state index in [4.69, 9.17) is 10.0 Å². The van der Waals surface area contributed by atoms with Gasteiger partial charge in [0.2, 0.25) is 0 Å². The normalized spacial score (nSPS) is 3.60. The molecule has 0 atom stereocenters. The third-order valence-corrected chi connectivity index (χ3v) is 0. The predicted molar refractivity (Wildman–Crippen MR) is 22.8 cm³/mol. The topological polar surface area (TPSA) is 40.5 Å². The molecular formula is C2H7BO2. The molecule has 0 bridgehead atoms. The van der Waals surface area contributed by atoms with Crippen molar-refractivity contribution in [2.45, 2.75) is 0 Å². The second kappa shape index (κ2) is 52.6. The minimum Gasteiger partial charge on any atom is -0.430 e. The molecule has 5 heavy (non-hydrogen) atoms. The summed E-state index contributed by atoms with van der Waals surface area (Å²) in [7, 11) is -0.750. The summed E-state index contributed by atoms with van der Waals surface area (Å²) in [6.07, 6.45) is 0. The lowest BCUT2D eigenvalue weighted by Gasteiger charge is -1.48. The van der Waals surface area contributed by atoms with E-state index in [1.54, 1.807) is 0 Å². The fourth-order valence-electron chi connectivity index (χ4n) is 0. The van der Waals surface area contributed by atoms with Gasteiger partial charge in [-0.05, 0) is 0 Å². The van der Waals surface area contributed by atoms with E-state index in [0.717, 1.165) is 0 Å². The summed E-state index contributed by atoms with van der Waals surface area (Å²) in [5.41, 5.74) is 0. The van der Waals surface area contributed by atoms with E-state index < -0.39 is 7.69 Å². The lowest BCUT2D eigenvalue weighted by molar-refractivity contribution is 0.448. The number of hydrogen-bond donors (Lipinski definition) is 2. The first-order chi connectivity index (χ1) is 2.41. The molecule has 0 heterocycles. The fraction of sp³-hybridized carbons (Fsp3) is 0. The van der Waals surface area contributed by atoms with Crippen LogP contribution in [0, 0.1) is 0 Å². The van der Waals surface area contributed by atoms with Gasteiger partial charge in [-0.1, -0.05) is 0 Å². The third-order valence-electron chi connectivity index (χ3n) is 0. The van der Waals surface area contributed by atoms with Crippen LogP contribution in [0.25, 0.3) is 0 Å². The van der Waals surface area contributed by atoms with Crippen LogP contribution < -0.4 is 0 Å². The molecule has 0 aliphatic rings. The molecule has 0 spiro atoms. The van der Waals surface area contributed by atoms with Gasteiger partial charge in [0, 0.05) is 0 Å². The Balaban J connectivity index is 0. The van der Waals surface area contributed by atoms with E-state index in [-0.39, 0.29) is 0 Å². The minimum atomic E-state index is -0.750. The van der Waals surface area contributed by atoms with Crippen molar-refractivity contribution >= 4 is 7.69 Å². The third kappa shape index (κ3) is 146. The van der Waals surface area contributed by atoms with Crippen LogP contribution in [0.15, 0.2) is 13.2 Å². The maximum absolute atomic E-state index is 7.12. The van der Waals surface area contributed by atoms with Crippen molar-refractivity contribution in [1.29, 1.82) is 0 Å². The summed E-state index contributed by atoms with van der Waals surface area (Å²) in [6.45, 7) is 6.00. The van der Waals surface area contributed by atoms with Crippen LogP contribution in [0.4, 0.5) is 0 Å². The van der Waals surface area contributed by atoms with Gasteiger partial charge in [0.05, 0.1) is 0 Å². The molecule has 3 heteroatoms. The zero-order valence-electron chi connectivity index (χ0n) is 3.02. The van der Waals surface area contributed by atoms with Crippen LogP contribution in [0.3, 0.4) is 0 Å². The Labute approximate surface area is 32.1 Å². The minimum absolute atomic E-state index is 0.750. The van der Waals surface area contributed by atoms with Gasteiger partial charge in [0.1, 0.15) is 0 Å². The monoisotopic (exact) mass is 74.1 g/mol. The molecule has 0 aromatic carbocycles. The fourth-order valence-corrected chi connectivity index (χ4v) is 0. The summed E-state index contributed by atoms with van der Waals surface area (Å²) in [6, 6.07) is 0. The molecule has 30 valence electrons. The Bertz CT molecular complexity index is 11.6. The van der Waals surface area contributed by atoms with Crippen molar-refractivity contribution in [3.63, 3.8) is 0 Å². The highest BCUT2D eigenvalue weighted by Gasteiger charge is 1.48. The lowest BCUT2D eigenvalue weighted by Crippen LogP contribution is -1.75. The zero-order chi connectivity index (χ0) is 4.71. The molecule has 0 aliphatic heterocycles. The predicted octanol–water partition coefficient (Wildman–Crippen LogP) is -0.960. The molecule has 0 saturated heterocycles. The van der Waals surface area contributed by atoms with Crippen molar-refractivity contribution in [1.82, 2.24) is 0 Å². The van der Waals surface area contributed by atoms with Gasteiger partial charge in [-0.15, -0.1) is 13.2 Å². The summed E-state index contributed by atoms with van der Waals surface area (Å²) in [4.78, 5) is 0. The molecule has 0 rings (SSSR count). The van der Waals surface area contributed by atoms with E-state index in [1.165, 1.54) is 0 Å². The van der Waals surface area contributed by atoms with E-state index in [2.05, 4.69) is 13.2 Å². The summed E-state index contributed by atoms with van der Waals surface area (Å²) >= 11 is 0.